The number of piperazine rings is 1. The van der Waals surface area contributed by atoms with E-state index in [-0.39, 0.29) is 17.5 Å². The number of ether oxygens (including phenoxy) is 2. The molecule has 0 spiro atoms. The van der Waals surface area contributed by atoms with Crippen molar-refractivity contribution in [1.82, 2.24) is 10.2 Å². The molecule has 23 heavy (non-hydrogen) atoms. The topological polar surface area (TPSA) is 33.7 Å². The Bertz CT molecular complexity index is 533. The maximum atomic E-state index is 13.2. The molecule has 1 N–H and O–H groups in total. The van der Waals surface area contributed by atoms with Crippen LogP contribution in [0.3, 0.4) is 0 Å². The largest absolute Gasteiger partial charge is 0.586 e. The number of alkyl halides is 2. The Kier molecular flexibility index (Phi) is 5.02. The SMILES string of the molecule is CCCCC[C@@H](c1ccc2c(c1)OC(F)(F)O2)N1CCNCC1. The van der Waals surface area contributed by atoms with Gasteiger partial charge < -0.3 is 14.8 Å². The van der Waals surface area contributed by atoms with E-state index in [1.165, 1.54) is 12.8 Å². The van der Waals surface area contributed by atoms with Crippen LogP contribution in [0.15, 0.2) is 18.2 Å². The third kappa shape index (κ3) is 3.93. The molecule has 1 saturated heterocycles. The molecule has 0 amide bonds. The first-order chi connectivity index (χ1) is 11.1. The molecule has 1 aromatic carbocycles. The number of hydrogen-bond donors (Lipinski definition) is 1. The Labute approximate surface area is 135 Å². The van der Waals surface area contributed by atoms with Crippen LogP contribution in [-0.4, -0.2) is 37.4 Å². The number of rotatable bonds is 6. The zero-order valence-corrected chi connectivity index (χ0v) is 13.5. The van der Waals surface area contributed by atoms with Crippen molar-refractivity contribution < 1.29 is 18.3 Å². The van der Waals surface area contributed by atoms with Gasteiger partial charge in [-0.05, 0) is 24.1 Å². The van der Waals surface area contributed by atoms with Gasteiger partial charge in [-0.2, -0.15) is 0 Å². The van der Waals surface area contributed by atoms with Crippen LogP contribution in [0.1, 0.15) is 44.2 Å². The fraction of sp³-hybridized carbons (Fsp3) is 0.647. The maximum Gasteiger partial charge on any atom is 0.586 e. The smallest absolute Gasteiger partial charge is 0.395 e. The first-order valence-electron chi connectivity index (χ1n) is 8.43. The molecule has 1 atom stereocenters. The Morgan fingerprint density at radius 2 is 1.91 bits per heavy atom. The van der Waals surface area contributed by atoms with Crippen LogP contribution in [0.25, 0.3) is 0 Å². The van der Waals surface area contributed by atoms with Gasteiger partial charge in [-0.3, -0.25) is 4.90 Å². The fourth-order valence-electron chi connectivity index (χ4n) is 3.31. The molecule has 1 aromatic rings. The Hall–Kier alpha value is -1.40. The normalized spacial score (nSPS) is 21.3. The van der Waals surface area contributed by atoms with Gasteiger partial charge in [0.25, 0.3) is 0 Å². The van der Waals surface area contributed by atoms with Crippen molar-refractivity contribution in [2.24, 2.45) is 0 Å². The molecule has 2 aliphatic heterocycles. The van der Waals surface area contributed by atoms with E-state index in [1.807, 2.05) is 6.07 Å². The van der Waals surface area contributed by atoms with Crippen LogP contribution in [0.2, 0.25) is 0 Å². The molecule has 0 saturated carbocycles. The molecule has 6 heteroatoms. The summed E-state index contributed by atoms with van der Waals surface area (Å²) in [5, 5.41) is 3.36. The van der Waals surface area contributed by atoms with Gasteiger partial charge >= 0.3 is 6.29 Å². The molecule has 0 aromatic heterocycles. The van der Waals surface area contributed by atoms with Crippen LogP contribution in [-0.2, 0) is 0 Å². The molecule has 128 valence electrons. The fourth-order valence-corrected chi connectivity index (χ4v) is 3.31. The predicted octanol–water partition coefficient (Wildman–Crippen LogP) is 3.53. The average molecular weight is 326 g/mol. The van der Waals surface area contributed by atoms with Gasteiger partial charge in [0, 0.05) is 32.2 Å². The minimum Gasteiger partial charge on any atom is -0.395 e. The van der Waals surface area contributed by atoms with Crippen molar-refractivity contribution in [2.45, 2.75) is 44.9 Å². The summed E-state index contributed by atoms with van der Waals surface area (Å²) >= 11 is 0. The van der Waals surface area contributed by atoms with E-state index in [1.54, 1.807) is 12.1 Å². The highest BCUT2D eigenvalue weighted by Gasteiger charge is 2.43. The average Bonchev–Trinajstić information content (AvgIpc) is 2.85. The molecule has 3 rings (SSSR count). The highest BCUT2D eigenvalue weighted by molar-refractivity contribution is 5.46. The first kappa shape index (κ1) is 16.5. The van der Waals surface area contributed by atoms with Gasteiger partial charge in [0.1, 0.15) is 0 Å². The van der Waals surface area contributed by atoms with Gasteiger partial charge in [0.2, 0.25) is 0 Å². The minimum absolute atomic E-state index is 0.117. The van der Waals surface area contributed by atoms with E-state index < -0.39 is 6.29 Å². The third-order valence-corrected chi connectivity index (χ3v) is 4.48. The predicted molar refractivity (Wildman–Crippen MR) is 84.0 cm³/mol. The third-order valence-electron chi connectivity index (χ3n) is 4.48. The van der Waals surface area contributed by atoms with Crippen molar-refractivity contribution in [1.29, 1.82) is 0 Å². The van der Waals surface area contributed by atoms with E-state index in [2.05, 4.69) is 26.6 Å². The zero-order valence-electron chi connectivity index (χ0n) is 13.5. The maximum absolute atomic E-state index is 13.2. The second kappa shape index (κ2) is 7.01. The van der Waals surface area contributed by atoms with Gasteiger partial charge in [-0.25, -0.2) is 0 Å². The number of nitrogens with zero attached hydrogens (tertiary/aromatic N) is 1. The summed E-state index contributed by atoms with van der Waals surface area (Å²) in [6, 6.07) is 5.45. The number of unbranched alkanes of at least 4 members (excludes halogenated alkanes) is 2. The molecule has 1 fully saturated rings. The van der Waals surface area contributed by atoms with Gasteiger partial charge in [0.05, 0.1) is 0 Å². The van der Waals surface area contributed by atoms with E-state index in [9.17, 15) is 8.78 Å². The van der Waals surface area contributed by atoms with Crippen LogP contribution < -0.4 is 14.8 Å². The second-order valence-corrected chi connectivity index (χ2v) is 6.17. The second-order valence-electron chi connectivity index (χ2n) is 6.17. The summed E-state index contributed by atoms with van der Waals surface area (Å²) in [5.74, 6) is 0.259. The lowest BCUT2D eigenvalue weighted by Gasteiger charge is -2.35. The van der Waals surface area contributed by atoms with Crippen molar-refractivity contribution in [3.05, 3.63) is 23.8 Å². The van der Waals surface area contributed by atoms with Gasteiger partial charge in [-0.1, -0.05) is 32.3 Å². The van der Waals surface area contributed by atoms with Crippen LogP contribution in [0.4, 0.5) is 8.78 Å². The molecule has 0 unspecified atom stereocenters. The molecule has 0 radical (unpaired) electrons. The lowest BCUT2D eigenvalue weighted by atomic mass is 9.97. The Morgan fingerprint density at radius 1 is 1.17 bits per heavy atom. The van der Waals surface area contributed by atoms with E-state index in [4.69, 9.17) is 0 Å². The number of benzene rings is 1. The monoisotopic (exact) mass is 326 g/mol. The Balaban J connectivity index is 1.79. The zero-order chi connectivity index (χ0) is 16.3. The summed E-state index contributed by atoms with van der Waals surface area (Å²) in [7, 11) is 0. The summed E-state index contributed by atoms with van der Waals surface area (Å²) < 4.78 is 35.5. The Morgan fingerprint density at radius 3 is 2.65 bits per heavy atom. The summed E-state index contributed by atoms with van der Waals surface area (Å²) in [4.78, 5) is 2.43. The molecule has 2 heterocycles. The lowest BCUT2D eigenvalue weighted by molar-refractivity contribution is -0.286. The molecule has 0 bridgehead atoms. The van der Waals surface area contributed by atoms with E-state index >= 15 is 0 Å². The highest BCUT2D eigenvalue weighted by atomic mass is 19.3. The standard InChI is InChI=1S/C17H24F2N2O2/c1-2-3-4-5-14(21-10-8-20-9-11-21)13-6-7-15-16(12-13)23-17(18,19)22-15/h6-7,12,14,20H,2-5,8-11H2,1H3/t14-/m0/s1. The molecule has 4 nitrogen and oxygen atoms in total. The summed E-state index contributed by atoms with van der Waals surface area (Å²) in [5.41, 5.74) is 1.03. The van der Waals surface area contributed by atoms with Gasteiger partial charge in [0.15, 0.2) is 11.5 Å². The number of halogens is 2. The number of hydrogen-bond acceptors (Lipinski definition) is 4. The van der Waals surface area contributed by atoms with Crippen LogP contribution >= 0.6 is 0 Å². The first-order valence-corrected chi connectivity index (χ1v) is 8.43. The van der Waals surface area contributed by atoms with Gasteiger partial charge in [-0.15, -0.1) is 8.78 Å². The molecule has 0 aliphatic carbocycles. The highest BCUT2D eigenvalue weighted by Crippen LogP contribution is 2.43. The number of fused-ring (bicyclic) bond motifs is 1. The summed E-state index contributed by atoms with van der Waals surface area (Å²) in [6.45, 7) is 6.06. The minimum atomic E-state index is -3.55. The van der Waals surface area contributed by atoms with Crippen LogP contribution in [0, 0.1) is 0 Å². The summed E-state index contributed by atoms with van der Waals surface area (Å²) in [6.07, 6.45) is 0.972. The number of nitrogens with one attached hydrogen (secondary N) is 1. The van der Waals surface area contributed by atoms with Crippen molar-refractivity contribution in [3.8, 4) is 11.5 Å². The molecular formula is C17H24F2N2O2. The molecule has 2 aliphatic rings. The van der Waals surface area contributed by atoms with E-state index in [0.29, 0.717) is 0 Å². The quantitative estimate of drug-likeness (QED) is 0.811. The van der Waals surface area contributed by atoms with E-state index in [0.717, 1.165) is 44.6 Å². The van der Waals surface area contributed by atoms with Crippen LogP contribution in [0.5, 0.6) is 11.5 Å². The van der Waals surface area contributed by atoms with Crippen molar-refractivity contribution in [2.75, 3.05) is 26.2 Å². The lowest BCUT2D eigenvalue weighted by Crippen LogP contribution is -2.45. The molecular weight excluding hydrogens is 302 g/mol. The van der Waals surface area contributed by atoms with Crippen molar-refractivity contribution >= 4 is 0 Å². The van der Waals surface area contributed by atoms with Crippen molar-refractivity contribution in [3.63, 3.8) is 0 Å².